The van der Waals surface area contributed by atoms with Gasteiger partial charge in [-0.1, -0.05) is 26.2 Å². The Morgan fingerprint density at radius 2 is 2.17 bits per heavy atom. The maximum Gasteiger partial charge on any atom is 0.167 e. The van der Waals surface area contributed by atoms with E-state index in [0.29, 0.717) is 17.1 Å². The van der Waals surface area contributed by atoms with Crippen LogP contribution in [-0.2, 0) is 4.74 Å². The molecule has 2 aromatic heterocycles. The molecule has 5 atom stereocenters. The topological polar surface area (TPSA) is 119 Å². The first-order valence-corrected chi connectivity index (χ1v) is 8.55. The molecule has 2 aliphatic rings. The maximum absolute atomic E-state index is 10.5. The lowest BCUT2D eigenvalue weighted by molar-refractivity contribution is -0.0537. The second-order valence-electron chi connectivity index (χ2n) is 6.88. The van der Waals surface area contributed by atoms with Gasteiger partial charge in [0.2, 0.25) is 0 Å². The number of aromatic nitrogens is 4. The van der Waals surface area contributed by atoms with Crippen molar-refractivity contribution in [3.05, 3.63) is 12.7 Å². The zero-order valence-corrected chi connectivity index (χ0v) is 13.7. The number of nitrogen functional groups attached to an aromatic ring is 1. The summed E-state index contributed by atoms with van der Waals surface area (Å²) >= 11 is 0. The number of anilines is 1. The SMILES string of the molecule is CCCCC[C@H]1C[C@]12O[C@@H](n1cnc3c(N)ncnc31)C(O)[C@H]2O. The second kappa shape index (κ2) is 5.65. The van der Waals surface area contributed by atoms with Crippen molar-refractivity contribution in [2.45, 2.75) is 63.1 Å². The standard InChI is InChI=1S/C16H23N5O3/c1-2-3-4-5-9-6-16(9)12(23)11(22)15(24-16)21-8-20-10-13(17)18-7-19-14(10)21/h7-9,11-12,15,22-23H,2-6H2,1H3,(H2,17,18,19)/t9-,11?,12+,15+,16-/m0/s1. The molecule has 0 bridgehead atoms. The number of nitrogens with two attached hydrogens (primary N) is 1. The van der Waals surface area contributed by atoms with Crippen molar-refractivity contribution in [3.63, 3.8) is 0 Å². The van der Waals surface area contributed by atoms with Crippen LogP contribution in [0.2, 0.25) is 0 Å². The summed E-state index contributed by atoms with van der Waals surface area (Å²) in [5, 5.41) is 21.1. The summed E-state index contributed by atoms with van der Waals surface area (Å²) in [7, 11) is 0. The molecule has 1 spiro atoms. The number of rotatable bonds is 5. The van der Waals surface area contributed by atoms with Gasteiger partial charge in [-0.05, 0) is 18.8 Å². The van der Waals surface area contributed by atoms with E-state index in [-0.39, 0.29) is 5.82 Å². The fraction of sp³-hybridized carbons (Fsp3) is 0.688. The average molecular weight is 333 g/mol. The highest BCUT2D eigenvalue weighted by molar-refractivity contribution is 5.81. The fourth-order valence-corrected chi connectivity index (χ4v) is 3.91. The van der Waals surface area contributed by atoms with Crippen LogP contribution in [0.1, 0.15) is 45.3 Å². The molecule has 1 saturated heterocycles. The minimum Gasteiger partial charge on any atom is -0.387 e. The quantitative estimate of drug-likeness (QED) is 0.698. The monoisotopic (exact) mass is 333 g/mol. The number of ether oxygens (including phenoxy) is 1. The van der Waals surface area contributed by atoms with Gasteiger partial charge in [0.1, 0.15) is 29.7 Å². The molecule has 0 aromatic carbocycles. The van der Waals surface area contributed by atoms with E-state index in [0.717, 1.165) is 25.7 Å². The smallest absolute Gasteiger partial charge is 0.167 e. The van der Waals surface area contributed by atoms with Gasteiger partial charge in [-0.15, -0.1) is 0 Å². The lowest BCUT2D eigenvalue weighted by Gasteiger charge is -2.16. The molecule has 1 unspecified atom stereocenters. The van der Waals surface area contributed by atoms with Gasteiger partial charge in [-0.25, -0.2) is 15.0 Å². The van der Waals surface area contributed by atoms with Gasteiger partial charge in [-0.2, -0.15) is 0 Å². The van der Waals surface area contributed by atoms with E-state index >= 15 is 0 Å². The normalized spacial score (nSPS) is 35.1. The third-order valence-electron chi connectivity index (χ3n) is 5.37. The van der Waals surface area contributed by atoms with Gasteiger partial charge in [-0.3, -0.25) is 4.57 Å². The van der Waals surface area contributed by atoms with Crippen LogP contribution in [0.5, 0.6) is 0 Å². The van der Waals surface area contributed by atoms with E-state index in [2.05, 4.69) is 21.9 Å². The van der Waals surface area contributed by atoms with Crippen molar-refractivity contribution in [1.29, 1.82) is 0 Å². The largest absolute Gasteiger partial charge is 0.387 e. The Hall–Kier alpha value is -1.77. The minimum atomic E-state index is -1.02. The van der Waals surface area contributed by atoms with Gasteiger partial charge in [0, 0.05) is 0 Å². The van der Waals surface area contributed by atoms with E-state index in [1.54, 1.807) is 4.57 Å². The highest BCUT2D eigenvalue weighted by Gasteiger charge is 2.68. The van der Waals surface area contributed by atoms with Crippen LogP contribution in [0.25, 0.3) is 11.2 Å². The van der Waals surface area contributed by atoms with E-state index in [9.17, 15) is 10.2 Å². The Morgan fingerprint density at radius 1 is 1.33 bits per heavy atom. The summed E-state index contributed by atoms with van der Waals surface area (Å²) in [6.45, 7) is 2.17. The first-order valence-electron chi connectivity index (χ1n) is 8.55. The summed E-state index contributed by atoms with van der Waals surface area (Å²) in [5.74, 6) is 0.582. The number of hydrogen-bond acceptors (Lipinski definition) is 7. The molecule has 0 amide bonds. The summed E-state index contributed by atoms with van der Waals surface area (Å²) < 4.78 is 7.78. The van der Waals surface area contributed by atoms with Crippen LogP contribution < -0.4 is 5.73 Å². The maximum atomic E-state index is 10.5. The predicted octanol–water partition coefficient (Wildman–Crippen LogP) is 0.998. The lowest BCUT2D eigenvalue weighted by Crippen LogP contribution is -2.33. The molecule has 24 heavy (non-hydrogen) atoms. The fourth-order valence-electron chi connectivity index (χ4n) is 3.91. The Labute approximate surface area is 139 Å². The minimum absolute atomic E-state index is 0.283. The van der Waals surface area contributed by atoms with Crippen LogP contribution in [0, 0.1) is 5.92 Å². The van der Waals surface area contributed by atoms with E-state index < -0.39 is 24.0 Å². The molecule has 2 fully saturated rings. The Bertz CT molecular complexity index is 750. The highest BCUT2D eigenvalue weighted by Crippen LogP contribution is 2.59. The zero-order chi connectivity index (χ0) is 16.9. The number of unbranched alkanes of at least 4 members (excludes halogenated alkanes) is 2. The molecule has 4 rings (SSSR count). The predicted molar refractivity (Wildman–Crippen MR) is 86.9 cm³/mol. The molecule has 0 radical (unpaired) electrons. The summed E-state index contributed by atoms with van der Waals surface area (Å²) in [4.78, 5) is 12.3. The third kappa shape index (κ3) is 2.21. The van der Waals surface area contributed by atoms with E-state index in [1.165, 1.54) is 19.1 Å². The van der Waals surface area contributed by atoms with Crippen LogP contribution in [0.3, 0.4) is 0 Å². The van der Waals surface area contributed by atoms with E-state index in [1.807, 2.05) is 0 Å². The van der Waals surface area contributed by atoms with Crippen molar-refractivity contribution < 1.29 is 14.9 Å². The molecule has 1 saturated carbocycles. The number of fused-ring (bicyclic) bond motifs is 1. The molecule has 1 aliphatic heterocycles. The third-order valence-corrected chi connectivity index (χ3v) is 5.37. The summed E-state index contributed by atoms with van der Waals surface area (Å²) in [5.41, 5.74) is 6.14. The van der Waals surface area contributed by atoms with Crippen molar-refractivity contribution >= 4 is 17.0 Å². The molecule has 2 aromatic rings. The summed E-state index contributed by atoms with van der Waals surface area (Å²) in [6, 6.07) is 0. The number of imidazole rings is 1. The van der Waals surface area contributed by atoms with Crippen molar-refractivity contribution in [2.24, 2.45) is 5.92 Å². The molecule has 8 heteroatoms. The van der Waals surface area contributed by atoms with Crippen molar-refractivity contribution in [3.8, 4) is 0 Å². The number of hydrogen-bond donors (Lipinski definition) is 3. The first-order chi connectivity index (χ1) is 11.6. The second-order valence-corrected chi connectivity index (χ2v) is 6.88. The number of aliphatic hydroxyl groups is 2. The average Bonchev–Trinajstić information content (AvgIpc) is 2.99. The Kier molecular flexibility index (Phi) is 3.70. The molecular weight excluding hydrogens is 310 g/mol. The van der Waals surface area contributed by atoms with Gasteiger partial charge in [0.15, 0.2) is 17.7 Å². The van der Waals surface area contributed by atoms with Gasteiger partial charge in [0.05, 0.1) is 6.33 Å². The van der Waals surface area contributed by atoms with Crippen LogP contribution in [0.4, 0.5) is 5.82 Å². The molecule has 8 nitrogen and oxygen atoms in total. The molecular formula is C16H23N5O3. The lowest BCUT2D eigenvalue weighted by atomic mass is 10.0. The molecule has 4 N–H and O–H groups in total. The van der Waals surface area contributed by atoms with Crippen LogP contribution in [-0.4, -0.2) is 47.5 Å². The molecule has 1 aliphatic carbocycles. The van der Waals surface area contributed by atoms with Crippen LogP contribution in [0.15, 0.2) is 12.7 Å². The van der Waals surface area contributed by atoms with E-state index in [4.69, 9.17) is 10.5 Å². The number of nitrogens with zero attached hydrogens (tertiary/aromatic N) is 4. The van der Waals surface area contributed by atoms with Gasteiger partial charge < -0.3 is 20.7 Å². The van der Waals surface area contributed by atoms with Crippen LogP contribution >= 0.6 is 0 Å². The van der Waals surface area contributed by atoms with Crippen molar-refractivity contribution in [2.75, 3.05) is 5.73 Å². The molecule has 130 valence electrons. The van der Waals surface area contributed by atoms with Gasteiger partial charge in [0.25, 0.3) is 0 Å². The molecule has 3 heterocycles. The zero-order valence-electron chi connectivity index (χ0n) is 13.7. The highest BCUT2D eigenvalue weighted by atomic mass is 16.6. The number of aliphatic hydroxyl groups excluding tert-OH is 2. The Morgan fingerprint density at radius 3 is 2.96 bits per heavy atom. The Balaban J connectivity index is 1.58. The van der Waals surface area contributed by atoms with Crippen molar-refractivity contribution in [1.82, 2.24) is 19.5 Å². The van der Waals surface area contributed by atoms with Gasteiger partial charge >= 0.3 is 0 Å². The first kappa shape index (κ1) is 15.7. The summed E-state index contributed by atoms with van der Waals surface area (Å²) in [6.07, 6.45) is 5.53.